The maximum Gasteiger partial charge on any atom is 0.238 e. The van der Waals surface area contributed by atoms with Gasteiger partial charge in [0.2, 0.25) is 10.0 Å². The first-order chi connectivity index (χ1) is 11.0. The molecule has 1 aliphatic heterocycles. The van der Waals surface area contributed by atoms with Crippen molar-refractivity contribution in [3.8, 4) is 0 Å². The number of rotatable bonds is 5. The normalized spacial score (nSPS) is 19.3. The van der Waals surface area contributed by atoms with Crippen LogP contribution in [0.4, 0.5) is 0 Å². The van der Waals surface area contributed by atoms with Gasteiger partial charge >= 0.3 is 0 Å². The number of benzene rings is 1. The van der Waals surface area contributed by atoms with Crippen molar-refractivity contribution >= 4 is 32.8 Å². The lowest BCUT2D eigenvalue weighted by atomic mass is 10.1. The zero-order valence-electron chi connectivity index (χ0n) is 13.1. The molecule has 8 heteroatoms. The van der Waals surface area contributed by atoms with Crippen molar-refractivity contribution in [1.29, 1.82) is 0 Å². The van der Waals surface area contributed by atoms with E-state index < -0.39 is 10.0 Å². The molecule has 2 N–H and O–H groups in total. The molecule has 2 heterocycles. The molecule has 0 spiro atoms. The summed E-state index contributed by atoms with van der Waals surface area (Å²) < 4.78 is 30.8. The predicted octanol–water partition coefficient (Wildman–Crippen LogP) is 2.36. The number of primary sulfonamides is 1. The topological polar surface area (TPSA) is 87.2 Å². The highest BCUT2D eigenvalue weighted by Gasteiger charge is 2.18. The Morgan fingerprint density at radius 2 is 2.26 bits per heavy atom. The number of nitrogens with two attached hydrogens (primary N) is 1. The maximum atomic E-state index is 11.5. The molecule has 1 aromatic heterocycles. The Labute approximate surface area is 140 Å². The third-order valence-corrected chi connectivity index (χ3v) is 6.02. The number of aryl methyl sites for hydroxylation is 1. The number of sulfonamides is 1. The summed E-state index contributed by atoms with van der Waals surface area (Å²) in [5.74, 6) is 0.866. The summed E-state index contributed by atoms with van der Waals surface area (Å²) in [7, 11) is -3.71. The number of hydrogen-bond acceptors (Lipinski definition) is 5. The van der Waals surface area contributed by atoms with Crippen LogP contribution >= 0.6 is 11.8 Å². The van der Waals surface area contributed by atoms with Crippen molar-refractivity contribution < 1.29 is 13.2 Å². The minimum absolute atomic E-state index is 0.0953. The minimum Gasteiger partial charge on any atom is -0.377 e. The predicted molar refractivity (Wildman–Crippen MR) is 91.1 cm³/mol. The molecule has 0 amide bonds. The quantitative estimate of drug-likeness (QED) is 0.832. The Morgan fingerprint density at radius 3 is 2.91 bits per heavy atom. The Kier molecular flexibility index (Phi) is 4.96. The van der Waals surface area contributed by atoms with Crippen molar-refractivity contribution in [2.75, 3.05) is 12.4 Å². The fourth-order valence-electron chi connectivity index (χ4n) is 2.79. The van der Waals surface area contributed by atoms with Gasteiger partial charge in [-0.2, -0.15) is 0 Å². The van der Waals surface area contributed by atoms with Gasteiger partial charge < -0.3 is 9.30 Å². The van der Waals surface area contributed by atoms with Crippen LogP contribution in [0.25, 0.3) is 11.0 Å². The van der Waals surface area contributed by atoms with Crippen molar-refractivity contribution in [2.24, 2.45) is 5.14 Å². The molecule has 0 aliphatic carbocycles. The summed E-state index contributed by atoms with van der Waals surface area (Å²) in [6, 6.07) is 4.84. The summed E-state index contributed by atoms with van der Waals surface area (Å²) in [6.45, 7) is 3.67. The van der Waals surface area contributed by atoms with Crippen LogP contribution in [0.2, 0.25) is 0 Å². The first kappa shape index (κ1) is 16.8. The fourth-order valence-corrected chi connectivity index (χ4v) is 4.46. The molecule has 126 valence electrons. The smallest absolute Gasteiger partial charge is 0.238 e. The lowest BCUT2D eigenvalue weighted by molar-refractivity contribution is 0.0315. The van der Waals surface area contributed by atoms with Gasteiger partial charge in [-0.15, -0.1) is 0 Å². The van der Waals surface area contributed by atoms with Gasteiger partial charge in [-0.1, -0.05) is 11.8 Å². The van der Waals surface area contributed by atoms with Gasteiger partial charge in [0.25, 0.3) is 0 Å². The van der Waals surface area contributed by atoms with Gasteiger partial charge in [0.05, 0.1) is 22.0 Å². The van der Waals surface area contributed by atoms with Crippen LogP contribution in [0.1, 0.15) is 26.2 Å². The molecule has 2 aromatic rings. The lowest BCUT2D eigenvalue weighted by Gasteiger charge is -2.21. The number of nitrogens with zero attached hydrogens (tertiary/aromatic N) is 2. The van der Waals surface area contributed by atoms with Gasteiger partial charge in [0.15, 0.2) is 5.16 Å². The average molecular weight is 355 g/mol. The second-order valence-corrected chi connectivity index (χ2v) is 8.18. The third kappa shape index (κ3) is 3.71. The number of hydrogen-bond donors (Lipinski definition) is 1. The number of imidazole rings is 1. The molecule has 1 fully saturated rings. The monoisotopic (exact) mass is 355 g/mol. The molecular weight excluding hydrogens is 334 g/mol. The summed E-state index contributed by atoms with van der Waals surface area (Å²) >= 11 is 1.66. The van der Waals surface area contributed by atoms with Gasteiger partial charge in [-0.25, -0.2) is 18.5 Å². The standard InChI is InChI=1S/C15H21N3O3S2/c1-2-18-14-7-6-12(23(16,19)20)9-13(14)17-15(18)22-10-11-5-3-4-8-21-11/h6-7,9,11H,2-5,8,10H2,1H3,(H2,16,19,20). The zero-order valence-corrected chi connectivity index (χ0v) is 14.7. The van der Waals surface area contributed by atoms with Crippen LogP contribution in [-0.4, -0.2) is 36.4 Å². The molecule has 1 saturated heterocycles. The summed E-state index contributed by atoms with van der Waals surface area (Å²) in [4.78, 5) is 4.69. The summed E-state index contributed by atoms with van der Waals surface area (Å²) in [5, 5.41) is 6.09. The van der Waals surface area contributed by atoms with E-state index in [1.165, 1.54) is 18.6 Å². The third-order valence-electron chi connectivity index (χ3n) is 4.00. The van der Waals surface area contributed by atoms with Crippen LogP contribution in [-0.2, 0) is 21.3 Å². The van der Waals surface area contributed by atoms with Crippen LogP contribution in [0.3, 0.4) is 0 Å². The van der Waals surface area contributed by atoms with E-state index in [2.05, 4.69) is 16.5 Å². The summed E-state index contributed by atoms with van der Waals surface area (Å²) in [6.07, 6.45) is 3.73. The molecule has 0 bridgehead atoms. The van der Waals surface area contributed by atoms with E-state index in [4.69, 9.17) is 9.88 Å². The van der Waals surface area contributed by atoms with Gasteiger partial charge in [0, 0.05) is 18.9 Å². The maximum absolute atomic E-state index is 11.5. The molecule has 6 nitrogen and oxygen atoms in total. The molecular formula is C15H21N3O3S2. The fraction of sp³-hybridized carbons (Fsp3) is 0.533. The highest BCUT2D eigenvalue weighted by Crippen LogP contribution is 2.28. The van der Waals surface area contributed by atoms with E-state index in [0.29, 0.717) is 5.52 Å². The number of ether oxygens (including phenoxy) is 1. The van der Waals surface area contributed by atoms with Crippen LogP contribution in [0, 0.1) is 0 Å². The van der Waals surface area contributed by atoms with Gasteiger partial charge in [0.1, 0.15) is 0 Å². The van der Waals surface area contributed by atoms with E-state index in [9.17, 15) is 8.42 Å². The molecule has 23 heavy (non-hydrogen) atoms. The molecule has 1 aliphatic rings. The van der Waals surface area contributed by atoms with Crippen LogP contribution < -0.4 is 5.14 Å². The van der Waals surface area contributed by atoms with Crippen LogP contribution in [0.15, 0.2) is 28.3 Å². The number of aromatic nitrogens is 2. The van der Waals surface area contributed by atoms with E-state index >= 15 is 0 Å². The molecule has 0 saturated carbocycles. The highest BCUT2D eigenvalue weighted by molar-refractivity contribution is 7.99. The van der Waals surface area contributed by atoms with Crippen LogP contribution in [0.5, 0.6) is 0 Å². The second-order valence-electron chi connectivity index (χ2n) is 5.63. The second kappa shape index (κ2) is 6.80. The minimum atomic E-state index is -3.71. The molecule has 1 atom stereocenters. The zero-order chi connectivity index (χ0) is 16.4. The summed E-state index contributed by atoms with van der Waals surface area (Å²) in [5.41, 5.74) is 1.58. The van der Waals surface area contributed by atoms with E-state index in [0.717, 1.165) is 42.4 Å². The molecule has 1 unspecified atom stereocenters. The van der Waals surface area contributed by atoms with E-state index in [1.54, 1.807) is 17.8 Å². The average Bonchev–Trinajstić information content (AvgIpc) is 2.89. The van der Waals surface area contributed by atoms with E-state index in [1.807, 2.05) is 0 Å². The molecule has 1 aromatic carbocycles. The molecule has 3 rings (SSSR count). The Morgan fingerprint density at radius 1 is 1.43 bits per heavy atom. The van der Waals surface area contributed by atoms with Gasteiger partial charge in [-0.05, 0) is 44.4 Å². The van der Waals surface area contributed by atoms with Crippen molar-refractivity contribution in [3.63, 3.8) is 0 Å². The van der Waals surface area contributed by atoms with Crippen molar-refractivity contribution in [1.82, 2.24) is 9.55 Å². The Hall–Kier alpha value is -1.09. The Bertz CT molecular complexity index is 796. The number of thioether (sulfide) groups is 1. The van der Waals surface area contributed by atoms with E-state index in [-0.39, 0.29) is 11.0 Å². The SMILES string of the molecule is CCn1c(SCC2CCCCO2)nc2cc(S(N)(=O)=O)ccc21. The Balaban J connectivity index is 1.87. The first-order valence-corrected chi connectivity index (χ1v) is 10.3. The van der Waals surface area contributed by atoms with Crippen molar-refractivity contribution in [2.45, 2.75) is 48.9 Å². The van der Waals surface area contributed by atoms with Crippen molar-refractivity contribution in [3.05, 3.63) is 18.2 Å². The number of fused-ring (bicyclic) bond motifs is 1. The highest BCUT2D eigenvalue weighted by atomic mass is 32.2. The first-order valence-electron chi connectivity index (χ1n) is 7.76. The van der Waals surface area contributed by atoms with Gasteiger partial charge in [-0.3, -0.25) is 0 Å². The largest absolute Gasteiger partial charge is 0.377 e. The molecule has 0 radical (unpaired) electrons. The lowest BCUT2D eigenvalue weighted by Crippen LogP contribution is -2.21.